The zero-order valence-electron chi connectivity index (χ0n) is 10.9. The first kappa shape index (κ1) is 14.9. The molecule has 1 fully saturated rings. The third-order valence-corrected chi connectivity index (χ3v) is 5.02. The van der Waals surface area contributed by atoms with Crippen LogP contribution in [-0.4, -0.2) is 38.4 Å². The molecule has 1 heterocycles. The van der Waals surface area contributed by atoms with E-state index in [2.05, 4.69) is 11.6 Å². The molecule has 1 atom stereocenters. The molecule has 0 aromatic carbocycles. The summed E-state index contributed by atoms with van der Waals surface area (Å²) in [7, 11) is -3.28. The molecule has 1 saturated heterocycles. The summed E-state index contributed by atoms with van der Waals surface area (Å²) >= 11 is 0. The lowest BCUT2D eigenvalue weighted by atomic mass is 10.0. The second kappa shape index (κ2) is 6.68. The molecule has 0 aromatic heterocycles. The summed E-state index contributed by atoms with van der Waals surface area (Å²) in [6, 6.07) is 0.0825. The fraction of sp³-hybridized carbons (Fsp3) is 1.00. The molecule has 6 heteroatoms. The highest BCUT2D eigenvalue weighted by Crippen LogP contribution is 2.17. The molecule has 0 bridgehead atoms. The Labute approximate surface area is 105 Å². The zero-order chi connectivity index (χ0) is 12.9. The van der Waals surface area contributed by atoms with Crippen LogP contribution in [0, 0.1) is 5.92 Å². The lowest BCUT2D eigenvalue weighted by molar-refractivity contribution is 0.285. The zero-order valence-corrected chi connectivity index (χ0v) is 11.7. The fourth-order valence-electron chi connectivity index (χ4n) is 1.89. The summed E-state index contributed by atoms with van der Waals surface area (Å²) in [6.07, 6.45) is 3.48. The molecule has 1 unspecified atom stereocenters. The summed E-state index contributed by atoms with van der Waals surface area (Å²) < 4.78 is 28.0. The molecule has 1 aliphatic heterocycles. The third-order valence-electron chi connectivity index (χ3n) is 3.41. The molecule has 3 N–H and O–H groups in total. The molecule has 0 amide bonds. The van der Waals surface area contributed by atoms with E-state index in [4.69, 9.17) is 5.73 Å². The van der Waals surface area contributed by atoms with E-state index < -0.39 is 10.2 Å². The van der Waals surface area contributed by atoms with Crippen LogP contribution in [0.5, 0.6) is 0 Å². The van der Waals surface area contributed by atoms with Gasteiger partial charge in [-0.05, 0) is 31.6 Å². The van der Waals surface area contributed by atoms with E-state index in [0.29, 0.717) is 32.0 Å². The standard InChI is InChI=1S/C11H25N3O2S/c1-3-11(12)4-7-13-17(15,16)14-8-5-10(2)6-9-14/h10-11,13H,3-9,12H2,1-2H3. The number of hydrogen-bond donors (Lipinski definition) is 2. The average Bonchev–Trinajstić information content (AvgIpc) is 2.29. The van der Waals surface area contributed by atoms with Crippen molar-refractivity contribution in [2.24, 2.45) is 11.7 Å². The minimum absolute atomic E-state index is 0.0825. The van der Waals surface area contributed by atoms with Gasteiger partial charge in [0.05, 0.1) is 0 Å². The average molecular weight is 263 g/mol. The highest BCUT2D eigenvalue weighted by Gasteiger charge is 2.25. The van der Waals surface area contributed by atoms with Crippen molar-refractivity contribution in [2.45, 2.75) is 45.6 Å². The number of piperidine rings is 1. The molecule has 0 saturated carbocycles. The second-order valence-electron chi connectivity index (χ2n) is 4.94. The van der Waals surface area contributed by atoms with Gasteiger partial charge in [0.25, 0.3) is 10.2 Å². The highest BCUT2D eigenvalue weighted by molar-refractivity contribution is 7.87. The molecule has 17 heavy (non-hydrogen) atoms. The SMILES string of the molecule is CCC(N)CCNS(=O)(=O)N1CCC(C)CC1. The normalized spacial score (nSPS) is 21.6. The van der Waals surface area contributed by atoms with Gasteiger partial charge in [0.15, 0.2) is 0 Å². The van der Waals surface area contributed by atoms with E-state index in [9.17, 15) is 8.42 Å². The number of nitrogens with one attached hydrogen (secondary N) is 1. The smallest absolute Gasteiger partial charge is 0.279 e. The number of rotatable bonds is 6. The summed E-state index contributed by atoms with van der Waals surface area (Å²) in [5, 5.41) is 0. The van der Waals surface area contributed by atoms with Crippen LogP contribution in [0.1, 0.15) is 39.5 Å². The van der Waals surface area contributed by atoms with Crippen LogP contribution in [0.3, 0.4) is 0 Å². The Morgan fingerprint density at radius 2 is 2.00 bits per heavy atom. The van der Waals surface area contributed by atoms with Crippen LogP contribution in [0.25, 0.3) is 0 Å². The first-order valence-corrected chi connectivity index (χ1v) is 7.90. The monoisotopic (exact) mass is 263 g/mol. The van der Waals surface area contributed by atoms with Crippen molar-refractivity contribution >= 4 is 10.2 Å². The maximum atomic E-state index is 11.9. The lowest BCUT2D eigenvalue weighted by Crippen LogP contribution is -2.45. The van der Waals surface area contributed by atoms with Crippen molar-refractivity contribution in [2.75, 3.05) is 19.6 Å². The van der Waals surface area contributed by atoms with Crippen LogP contribution in [0.4, 0.5) is 0 Å². The molecule has 0 aromatic rings. The van der Waals surface area contributed by atoms with Crippen molar-refractivity contribution < 1.29 is 8.42 Å². The lowest BCUT2D eigenvalue weighted by Gasteiger charge is -2.29. The van der Waals surface area contributed by atoms with Crippen LogP contribution < -0.4 is 10.5 Å². The minimum atomic E-state index is -3.28. The molecule has 0 radical (unpaired) electrons. The van der Waals surface area contributed by atoms with Crippen LogP contribution >= 0.6 is 0 Å². The quantitative estimate of drug-likeness (QED) is 0.740. The van der Waals surface area contributed by atoms with Gasteiger partial charge in [-0.25, -0.2) is 4.72 Å². The maximum Gasteiger partial charge on any atom is 0.279 e. The molecule has 0 aliphatic carbocycles. The van der Waals surface area contributed by atoms with Crippen molar-refractivity contribution in [3.63, 3.8) is 0 Å². The topological polar surface area (TPSA) is 75.4 Å². The summed E-state index contributed by atoms with van der Waals surface area (Å²) in [5.41, 5.74) is 5.75. The van der Waals surface area contributed by atoms with Crippen LogP contribution in [0.2, 0.25) is 0 Å². The Balaban J connectivity index is 2.35. The number of nitrogens with two attached hydrogens (primary N) is 1. The third kappa shape index (κ3) is 4.91. The van der Waals surface area contributed by atoms with Gasteiger partial charge in [-0.15, -0.1) is 0 Å². The molecule has 102 valence electrons. The molecular weight excluding hydrogens is 238 g/mol. The van der Waals surface area contributed by atoms with Gasteiger partial charge in [-0.3, -0.25) is 0 Å². The Bertz CT molecular complexity index is 311. The van der Waals surface area contributed by atoms with Crippen molar-refractivity contribution in [1.82, 2.24) is 9.03 Å². The van der Waals surface area contributed by atoms with Crippen LogP contribution in [-0.2, 0) is 10.2 Å². The number of hydrogen-bond acceptors (Lipinski definition) is 3. The van der Waals surface area contributed by atoms with Gasteiger partial charge in [-0.2, -0.15) is 12.7 Å². The highest BCUT2D eigenvalue weighted by atomic mass is 32.2. The number of nitrogens with zero attached hydrogens (tertiary/aromatic N) is 1. The van der Waals surface area contributed by atoms with E-state index in [1.807, 2.05) is 6.92 Å². The van der Waals surface area contributed by atoms with Gasteiger partial charge in [0.1, 0.15) is 0 Å². The van der Waals surface area contributed by atoms with E-state index in [1.165, 1.54) is 0 Å². The molecule has 1 aliphatic rings. The Hall–Kier alpha value is -0.170. The van der Waals surface area contributed by atoms with Gasteiger partial charge < -0.3 is 5.73 Å². The summed E-state index contributed by atoms with van der Waals surface area (Å²) in [4.78, 5) is 0. The second-order valence-corrected chi connectivity index (χ2v) is 6.69. The first-order chi connectivity index (χ1) is 7.95. The molecule has 5 nitrogen and oxygen atoms in total. The first-order valence-electron chi connectivity index (χ1n) is 6.46. The van der Waals surface area contributed by atoms with Gasteiger partial charge in [-0.1, -0.05) is 13.8 Å². The predicted molar refractivity (Wildman–Crippen MR) is 69.8 cm³/mol. The fourth-order valence-corrected chi connectivity index (χ4v) is 3.14. The van der Waals surface area contributed by atoms with Gasteiger partial charge in [0, 0.05) is 25.7 Å². The largest absolute Gasteiger partial charge is 0.328 e. The minimum Gasteiger partial charge on any atom is -0.328 e. The summed E-state index contributed by atoms with van der Waals surface area (Å²) in [5.74, 6) is 0.634. The van der Waals surface area contributed by atoms with Crippen molar-refractivity contribution in [1.29, 1.82) is 0 Å². The van der Waals surface area contributed by atoms with Gasteiger partial charge in [0.2, 0.25) is 0 Å². The maximum absolute atomic E-state index is 11.9. The predicted octanol–water partition coefficient (Wildman–Crippen LogP) is 0.680. The summed E-state index contributed by atoms with van der Waals surface area (Å²) in [6.45, 7) is 5.87. The van der Waals surface area contributed by atoms with E-state index >= 15 is 0 Å². The van der Waals surface area contributed by atoms with E-state index in [1.54, 1.807) is 4.31 Å². The van der Waals surface area contributed by atoms with E-state index in [-0.39, 0.29) is 6.04 Å². The Morgan fingerprint density at radius 1 is 1.41 bits per heavy atom. The van der Waals surface area contributed by atoms with Crippen LogP contribution in [0.15, 0.2) is 0 Å². The van der Waals surface area contributed by atoms with Crippen molar-refractivity contribution in [3.8, 4) is 0 Å². The molecule has 0 spiro atoms. The van der Waals surface area contributed by atoms with Gasteiger partial charge >= 0.3 is 0 Å². The van der Waals surface area contributed by atoms with Crippen molar-refractivity contribution in [3.05, 3.63) is 0 Å². The van der Waals surface area contributed by atoms with E-state index in [0.717, 1.165) is 19.3 Å². The Kier molecular flexibility index (Phi) is 5.85. The molecular formula is C11H25N3O2S. The molecule has 1 rings (SSSR count). The Morgan fingerprint density at radius 3 is 2.53 bits per heavy atom.